The van der Waals surface area contributed by atoms with Gasteiger partial charge in [-0.1, -0.05) is 29.8 Å². The molecule has 0 aromatic heterocycles. The van der Waals surface area contributed by atoms with Crippen molar-refractivity contribution in [3.8, 4) is 0 Å². The van der Waals surface area contributed by atoms with E-state index in [0.29, 0.717) is 13.0 Å². The van der Waals surface area contributed by atoms with Crippen molar-refractivity contribution in [2.75, 3.05) is 45.9 Å². The van der Waals surface area contributed by atoms with Crippen molar-refractivity contribution >= 4 is 11.8 Å². The van der Waals surface area contributed by atoms with Crippen molar-refractivity contribution in [2.45, 2.75) is 26.2 Å². The van der Waals surface area contributed by atoms with E-state index in [0.717, 1.165) is 45.7 Å². The largest absolute Gasteiger partial charge is 0.379 e. The van der Waals surface area contributed by atoms with Gasteiger partial charge in [-0.3, -0.25) is 14.5 Å². The molecule has 2 N–H and O–H groups in total. The molecule has 0 aliphatic carbocycles. The number of amides is 2. The molecule has 1 saturated heterocycles. The second-order valence-corrected chi connectivity index (χ2v) is 6.42. The number of hydrogen-bond donors (Lipinski definition) is 2. The number of morpholine rings is 1. The van der Waals surface area contributed by atoms with Gasteiger partial charge in [0.05, 0.1) is 19.8 Å². The summed E-state index contributed by atoms with van der Waals surface area (Å²) in [6.07, 6.45) is 2.10. The Morgan fingerprint density at radius 2 is 1.80 bits per heavy atom. The topological polar surface area (TPSA) is 70.7 Å². The lowest BCUT2D eigenvalue weighted by atomic mass is 10.1. The van der Waals surface area contributed by atoms with Gasteiger partial charge < -0.3 is 15.4 Å². The quantitative estimate of drug-likeness (QED) is 0.696. The highest BCUT2D eigenvalue weighted by Crippen LogP contribution is 2.07. The SMILES string of the molecule is Cc1ccc(CCCC(=O)NCC(=O)NCCN2CCOCC2)cc1. The molecule has 0 atom stereocenters. The maximum absolute atomic E-state index is 11.8. The van der Waals surface area contributed by atoms with Gasteiger partial charge in [0, 0.05) is 32.6 Å². The van der Waals surface area contributed by atoms with Crippen LogP contribution in [0.3, 0.4) is 0 Å². The first kappa shape index (κ1) is 19.4. The van der Waals surface area contributed by atoms with Gasteiger partial charge >= 0.3 is 0 Å². The van der Waals surface area contributed by atoms with Gasteiger partial charge in [0.25, 0.3) is 0 Å². The molecule has 6 nitrogen and oxygen atoms in total. The minimum atomic E-state index is -0.139. The summed E-state index contributed by atoms with van der Waals surface area (Å²) in [6, 6.07) is 8.34. The van der Waals surface area contributed by atoms with Gasteiger partial charge in [-0.2, -0.15) is 0 Å². The predicted molar refractivity (Wildman–Crippen MR) is 97.4 cm³/mol. The lowest BCUT2D eigenvalue weighted by Gasteiger charge is -2.26. The molecule has 0 radical (unpaired) electrons. The number of aryl methyl sites for hydroxylation is 2. The molecule has 25 heavy (non-hydrogen) atoms. The predicted octanol–water partition coefficient (Wildman–Crippen LogP) is 0.882. The molecular formula is C19H29N3O3. The standard InChI is InChI=1S/C19H29N3O3/c1-16-5-7-17(8-6-16)3-2-4-18(23)21-15-19(24)20-9-10-22-11-13-25-14-12-22/h5-8H,2-4,9-15H2,1H3,(H,20,24)(H,21,23). The molecule has 1 heterocycles. The molecule has 0 spiro atoms. The van der Waals surface area contributed by atoms with Crippen LogP contribution in [0.15, 0.2) is 24.3 Å². The van der Waals surface area contributed by atoms with Gasteiger partial charge in [0.15, 0.2) is 0 Å². The van der Waals surface area contributed by atoms with E-state index in [2.05, 4.69) is 46.7 Å². The number of benzene rings is 1. The van der Waals surface area contributed by atoms with Crippen LogP contribution >= 0.6 is 0 Å². The third-order valence-electron chi connectivity index (χ3n) is 4.29. The van der Waals surface area contributed by atoms with E-state index in [1.807, 2.05) is 0 Å². The van der Waals surface area contributed by atoms with Crippen LogP contribution in [0.2, 0.25) is 0 Å². The first-order chi connectivity index (χ1) is 12.1. The number of carbonyl (C=O) groups excluding carboxylic acids is 2. The van der Waals surface area contributed by atoms with Gasteiger partial charge in [0.1, 0.15) is 0 Å². The molecule has 138 valence electrons. The number of ether oxygens (including phenoxy) is 1. The fourth-order valence-electron chi connectivity index (χ4n) is 2.72. The minimum absolute atomic E-state index is 0.0481. The smallest absolute Gasteiger partial charge is 0.239 e. The van der Waals surface area contributed by atoms with E-state index in [-0.39, 0.29) is 18.4 Å². The lowest BCUT2D eigenvalue weighted by Crippen LogP contribution is -2.43. The molecule has 0 bridgehead atoms. The van der Waals surface area contributed by atoms with Crippen molar-refractivity contribution in [3.63, 3.8) is 0 Å². The van der Waals surface area contributed by atoms with Crippen LogP contribution in [0.1, 0.15) is 24.0 Å². The third kappa shape index (κ3) is 8.14. The molecule has 0 unspecified atom stereocenters. The molecule has 1 aliphatic rings. The summed E-state index contributed by atoms with van der Waals surface area (Å²) in [5.74, 6) is -0.212. The van der Waals surface area contributed by atoms with Gasteiger partial charge in [0.2, 0.25) is 11.8 Å². The van der Waals surface area contributed by atoms with Crippen molar-refractivity contribution in [1.29, 1.82) is 0 Å². The Morgan fingerprint density at radius 1 is 1.08 bits per heavy atom. The van der Waals surface area contributed by atoms with E-state index in [4.69, 9.17) is 4.74 Å². The summed E-state index contributed by atoms with van der Waals surface area (Å²) in [5, 5.41) is 5.52. The van der Waals surface area contributed by atoms with Crippen LogP contribution in [0, 0.1) is 6.92 Å². The van der Waals surface area contributed by atoms with E-state index in [9.17, 15) is 9.59 Å². The Morgan fingerprint density at radius 3 is 2.52 bits per heavy atom. The van der Waals surface area contributed by atoms with Gasteiger partial charge in [-0.05, 0) is 25.3 Å². The van der Waals surface area contributed by atoms with Crippen LogP contribution in [0.25, 0.3) is 0 Å². The van der Waals surface area contributed by atoms with Crippen LogP contribution in [-0.4, -0.2) is 62.7 Å². The summed E-state index contributed by atoms with van der Waals surface area (Å²) < 4.78 is 5.28. The first-order valence-corrected chi connectivity index (χ1v) is 9.02. The highest BCUT2D eigenvalue weighted by Gasteiger charge is 2.10. The third-order valence-corrected chi connectivity index (χ3v) is 4.29. The fraction of sp³-hybridized carbons (Fsp3) is 0.579. The summed E-state index contributed by atoms with van der Waals surface area (Å²) in [4.78, 5) is 25.8. The van der Waals surface area contributed by atoms with Crippen LogP contribution in [0.5, 0.6) is 0 Å². The average Bonchev–Trinajstić information content (AvgIpc) is 2.62. The zero-order valence-corrected chi connectivity index (χ0v) is 15.1. The maximum atomic E-state index is 11.8. The maximum Gasteiger partial charge on any atom is 0.239 e. The molecule has 0 saturated carbocycles. The molecule has 2 amide bonds. The Bertz CT molecular complexity index is 539. The average molecular weight is 347 g/mol. The highest BCUT2D eigenvalue weighted by atomic mass is 16.5. The van der Waals surface area contributed by atoms with Gasteiger partial charge in [-0.25, -0.2) is 0 Å². The van der Waals surface area contributed by atoms with E-state index in [1.165, 1.54) is 11.1 Å². The molecule has 6 heteroatoms. The zero-order chi connectivity index (χ0) is 17.9. The monoisotopic (exact) mass is 347 g/mol. The summed E-state index contributed by atoms with van der Waals surface area (Å²) in [7, 11) is 0. The van der Waals surface area contributed by atoms with Crippen LogP contribution in [-0.2, 0) is 20.7 Å². The Labute approximate surface area is 149 Å². The second kappa shape index (κ2) is 10.8. The molecule has 2 rings (SSSR count). The van der Waals surface area contributed by atoms with Crippen molar-refractivity contribution in [2.24, 2.45) is 0 Å². The van der Waals surface area contributed by atoms with E-state index < -0.39 is 0 Å². The molecular weight excluding hydrogens is 318 g/mol. The highest BCUT2D eigenvalue weighted by molar-refractivity contribution is 5.84. The molecule has 1 aromatic rings. The molecule has 1 aromatic carbocycles. The van der Waals surface area contributed by atoms with Crippen LogP contribution < -0.4 is 10.6 Å². The van der Waals surface area contributed by atoms with Gasteiger partial charge in [-0.15, -0.1) is 0 Å². The van der Waals surface area contributed by atoms with Crippen LogP contribution in [0.4, 0.5) is 0 Å². The summed E-state index contributed by atoms with van der Waals surface area (Å²) in [6.45, 7) is 6.86. The normalized spacial score (nSPS) is 14.9. The number of nitrogens with zero attached hydrogens (tertiary/aromatic N) is 1. The number of hydrogen-bond acceptors (Lipinski definition) is 4. The Kier molecular flexibility index (Phi) is 8.42. The zero-order valence-electron chi connectivity index (χ0n) is 15.1. The second-order valence-electron chi connectivity index (χ2n) is 6.42. The lowest BCUT2D eigenvalue weighted by molar-refractivity contribution is -0.126. The van der Waals surface area contributed by atoms with Crippen molar-refractivity contribution in [1.82, 2.24) is 15.5 Å². The summed E-state index contributed by atoms with van der Waals surface area (Å²) in [5.41, 5.74) is 2.47. The fourth-order valence-corrected chi connectivity index (χ4v) is 2.72. The van der Waals surface area contributed by atoms with E-state index in [1.54, 1.807) is 0 Å². The Hall–Kier alpha value is -1.92. The van der Waals surface area contributed by atoms with Crippen molar-refractivity contribution in [3.05, 3.63) is 35.4 Å². The van der Waals surface area contributed by atoms with Crippen molar-refractivity contribution < 1.29 is 14.3 Å². The first-order valence-electron chi connectivity index (χ1n) is 9.02. The minimum Gasteiger partial charge on any atom is -0.379 e. The summed E-state index contributed by atoms with van der Waals surface area (Å²) >= 11 is 0. The Balaban J connectivity index is 1.50. The number of nitrogens with one attached hydrogen (secondary N) is 2. The van der Waals surface area contributed by atoms with E-state index >= 15 is 0 Å². The molecule has 1 aliphatic heterocycles. The number of rotatable bonds is 9. The molecule has 1 fully saturated rings. The number of carbonyl (C=O) groups is 2.